The fourth-order valence-corrected chi connectivity index (χ4v) is 2.90. The first kappa shape index (κ1) is 15.3. The van der Waals surface area contributed by atoms with Crippen LogP contribution in [-0.2, 0) is 0 Å². The third-order valence-electron chi connectivity index (χ3n) is 2.92. The lowest BCUT2D eigenvalue weighted by Gasteiger charge is -2.28. The van der Waals surface area contributed by atoms with Gasteiger partial charge in [-0.15, -0.1) is 11.8 Å². The Balaban J connectivity index is 2.44. The average molecular weight is 269 g/mol. The van der Waals surface area contributed by atoms with Crippen molar-refractivity contribution >= 4 is 11.8 Å². The number of aliphatic hydroxyl groups is 1. The van der Waals surface area contributed by atoms with Crippen molar-refractivity contribution < 1.29 is 9.84 Å². The van der Waals surface area contributed by atoms with Crippen molar-refractivity contribution in [2.24, 2.45) is 0 Å². The first-order valence-electron chi connectivity index (χ1n) is 6.26. The maximum absolute atomic E-state index is 9.40. The second kappa shape index (κ2) is 7.67. The van der Waals surface area contributed by atoms with Crippen molar-refractivity contribution in [3.63, 3.8) is 0 Å². The highest BCUT2D eigenvalue weighted by Crippen LogP contribution is 2.25. The Morgan fingerprint density at radius 2 is 2.22 bits per heavy atom. The van der Waals surface area contributed by atoms with Crippen LogP contribution in [0.25, 0.3) is 0 Å². The summed E-state index contributed by atoms with van der Waals surface area (Å²) in [4.78, 5) is 1.20. The molecule has 102 valence electrons. The van der Waals surface area contributed by atoms with Crippen molar-refractivity contribution in [2.45, 2.75) is 30.7 Å². The van der Waals surface area contributed by atoms with Crippen molar-refractivity contribution in [3.8, 4) is 5.75 Å². The second-order valence-electron chi connectivity index (χ2n) is 4.53. The molecule has 1 unspecified atom stereocenters. The second-order valence-corrected chi connectivity index (χ2v) is 5.69. The van der Waals surface area contributed by atoms with Crippen LogP contribution >= 0.6 is 11.8 Å². The van der Waals surface area contributed by atoms with E-state index in [-0.39, 0.29) is 12.1 Å². The summed E-state index contributed by atoms with van der Waals surface area (Å²) in [5.74, 6) is 1.86. The molecule has 0 heterocycles. The molecule has 3 nitrogen and oxygen atoms in total. The maximum Gasteiger partial charge on any atom is 0.119 e. The molecule has 0 amide bonds. The van der Waals surface area contributed by atoms with Crippen LogP contribution < -0.4 is 10.1 Å². The van der Waals surface area contributed by atoms with E-state index in [0.717, 1.165) is 24.5 Å². The number of methoxy groups -OCH3 is 1. The van der Waals surface area contributed by atoms with Crippen LogP contribution in [0.1, 0.15) is 20.3 Å². The Morgan fingerprint density at radius 3 is 2.83 bits per heavy atom. The predicted octanol–water partition coefficient (Wildman–Crippen LogP) is 2.54. The van der Waals surface area contributed by atoms with Gasteiger partial charge in [0.2, 0.25) is 0 Å². The van der Waals surface area contributed by atoms with Gasteiger partial charge in [-0.2, -0.15) is 0 Å². The van der Waals surface area contributed by atoms with Gasteiger partial charge in [0.1, 0.15) is 5.75 Å². The molecule has 1 aromatic carbocycles. The molecule has 0 spiro atoms. The lowest BCUT2D eigenvalue weighted by atomic mass is 10.0. The zero-order chi connectivity index (χ0) is 13.4. The molecule has 0 bridgehead atoms. The monoisotopic (exact) mass is 269 g/mol. The van der Waals surface area contributed by atoms with Crippen LogP contribution in [0.15, 0.2) is 29.2 Å². The smallest absolute Gasteiger partial charge is 0.119 e. The van der Waals surface area contributed by atoms with Gasteiger partial charge in [-0.3, -0.25) is 0 Å². The van der Waals surface area contributed by atoms with Crippen molar-refractivity contribution in [1.82, 2.24) is 5.32 Å². The van der Waals surface area contributed by atoms with Gasteiger partial charge in [0.15, 0.2) is 0 Å². The van der Waals surface area contributed by atoms with Crippen molar-refractivity contribution in [2.75, 3.05) is 26.0 Å². The summed E-state index contributed by atoms with van der Waals surface area (Å²) in [7, 11) is 1.68. The van der Waals surface area contributed by atoms with Gasteiger partial charge in [0.25, 0.3) is 0 Å². The quantitative estimate of drug-likeness (QED) is 0.712. The number of likely N-dealkylation sites (N-methyl/N-ethyl adjacent to an activating group) is 1. The topological polar surface area (TPSA) is 41.5 Å². The number of hydrogen-bond donors (Lipinski definition) is 2. The molecule has 1 aromatic rings. The highest BCUT2D eigenvalue weighted by Gasteiger charge is 2.21. The van der Waals surface area contributed by atoms with Gasteiger partial charge in [-0.25, -0.2) is 0 Å². The minimum absolute atomic E-state index is 0.166. The van der Waals surface area contributed by atoms with Crippen LogP contribution in [0.3, 0.4) is 0 Å². The first-order chi connectivity index (χ1) is 8.63. The Morgan fingerprint density at radius 1 is 1.44 bits per heavy atom. The summed E-state index contributed by atoms with van der Waals surface area (Å²) in [6.45, 7) is 5.16. The predicted molar refractivity (Wildman–Crippen MR) is 77.5 cm³/mol. The summed E-state index contributed by atoms with van der Waals surface area (Å²) in [5.41, 5.74) is -0.180. The van der Waals surface area contributed by atoms with Gasteiger partial charge in [0.05, 0.1) is 13.7 Å². The highest BCUT2D eigenvalue weighted by molar-refractivity contribution is 7.99. The average Bonchev–Trinajstić information content (AvgIpc) is 2.39. The van der Waals surface area contributed by atoms with Crippen LogP contribution in [0.2, 0.25) is 0 Å². The highest BCUT2D eigenvalue weighted by atomic mass is 32.2. The summed E-state index contributed by atoms with van der Waals surface area (Å²) in [5, 5.41) is 12.7. The SMILES string of the molecule is CCNC(C)(CO)CCSc1cccc(OC)c1. The van der Waals surface area contributed by atoms with E-state index in [1.54, 1.807) is 18.9 Å². The molecule has 0 aliphatic rings. The Bertz CT molecular complexity index is 359. The van der Waals surface area contributed by atoms with Crippen LogP contribution in [0.5, 0.6) is 5.75 Å². The molecule has 18 heavy (non-hydrogen) atoms. The van der Waals surface area contributed by atoms with E-state index in [2.05, 4.69) is 25.2 Å². The standard InChI is InChI=1S/C14H23NO2S/c1-4-15-14(2,11-16)8-9-18-13-7-5-6-12(10-13)17-3/h5-7,10,15-16H,4,8-9,11H2,1-3H3. The van der Waals surface area contributed by atoms with Crippen molar-refractivity contribution in [1.29, 1.82) is 0 Å². The number of nitrogens with one attached hydrogen (secondary N) is 1. The molecule has 0 aliphatic heterocycles. The number of hydrogen-bond acceptors (Lipinski definition) is 4. The Kier molecular flexibility index (Phi) is 6.54. The largest absolute Gasteiger partial charge is 0.497 e. The van der Waals surface area contributed by atoms with Gasteiger partial charge < -0.3 is 15.2 Å². The first-order valence-corrected chi connectivity index (χ1v) is 7.25. The molecule has 0 fully saturated rings. The number of rotatable bonds is 8. The van der Waals surface area contributed by atoms with E-state index in [9.17, 15) is 5.11 Å². The lowest BCUT2D eigenvalue weighted by molar-refractivity contribution is 0.173. The van der Waals surface area contributed by atoms with E-state index < -0.39 is 0 Å². The number of benzene rings is 1. The molecular weight excluding hydrogens is 246 g/mol. The van der Waals surface area contributed by atoms with E-state index in [1.165, 1.54) is 4.90 Å². The minimum Gasteiger partial charge on any atom is -0.497 e. The van der Waals surface area contributed by atoms with Gasteiger partial charge >= 0.3 is 0 Å². The van der Waals surface area contributed by atoms with Gasteiger partial charge in [0, 0.05) is 10.4 Å². The van der Waals surface area contributed by atoms with E-state index >= 15 is 0 Å². The molecule has 2 N–H and O–H groups in total. The van der Waals surface area contributed by atoms with Crippen LogP contribution in [0, 0.1) is 0 Å². The fourth-order valence-electron chi connectivity index (χ4n) is 1.74. The Labute approximate surface area is 114 Å². The normalized spacial score (nSPS) is 14.2. The van der Waals surface area contributed by atoms with Crippen LogP contribution in [-0.4, -0.2) is 36.7 Å². The molecule has 0 saturated heterocycles. The number of thioether (sulfide) groups is 1. The molecule has 0 radical (unpaired) electrons. The molecule has 0 aliphatic carbocycles. The van der Waals surface area contributed by atoms with Gasteiger partial charge in [-0.1, -0.05) is 13.0 Å². The number of aliphatic hydroxyl groups excluding tert-OH is 1. The molecular formula is C14H23NO2S. The molecule has 1 rings (SSSR count). The molecule has 1 atom stereocenters. The molecule has 4 heteroatoms. The third-order valence-corrected chi connectivity index (χ3v) is 3.91. The van der Waals surface area contributed by atoms with E-state index in [0.29, 0.717) is 0 Å². The zero-order valence-electron chi connectivity index (χ0n) is 11.4. The van der Waals surface area contributed by atoms with Gasteiger partial charge in [-0.05, 0) is 43.8 Å². The summed E-state index contributed by atoms with van der Waals surface area (Å²) in [6, 6.07) is 8.06. The molecule has 0 saturated carbocycles. The van der Waals surface area contributed by atoms with E-state index in [4.69, 9.17) is 4.74 Å². The number of ether oxygens (including phenoxy) is 1. The Hall–Kier alpha value is -0.710. The maximum atomic E-state index is 9.40. The summed E-state index contributed by atoms with van der Waals surface area (Å²) in [6.07, 6.45) is 0.930. The summed E-state index contributed by atoms with van der Waals surface area (Å²) < 4.78 is 5.20. The van der Waals surface area contributed by atoms with E-state index in [1.807, 2.05) is 18.2 Å². The third kappa shape index (κ3) is 4.88. The zero-order valence-corrected chi connectivity index (χ0v) is 12.2. The minimum atomic E-state index is -0.180. The molecule has 0 aromatic heterocycles. The fraction of sp³-hybridized carbons (Fsp3) is 0.571. The van der Waals surface area contributed by atoms with Crippen LogP contribution in [0.4, 0.5) is 0 Å². The summed E-state index contributed by atoms with van der Waals surface area (Å²) >= 11 is 1.79. The van der Waals surface area contributed by atoms with Crippen molar-refractivity contribution in [3.05, 3.63) is 24.3 Å². The lowest BCUT2D eigenvalue weighted by Crippen LogP contribution is -2.46.